The largest absolute Gasteiger partial charge is 0.329 e. The minimum absolute atomic E-state index is 0.168. The molecule has 2 N–H and O–H groups in total. The van der Waals surface area contributed by atoms with Crippen molar-refractivity contribution < 1.29 is 4.39 Å². The molecule has 3 heteroatoms. The first-order valence-electron chi connectivity index (χ1n) is 7.24. The van der Waals surface area contributed by atoms with E-state index in [1.165, 1.54) is 18.4 Å². The first-order valence-corrected chi connectivity index (χ1v) is 7.24. The van der Waals surface area contributed by atoms with E-state index in [9.17, 15) is 4.39 Å². The zero-order valence-corrected chi connectivity index (χ0v) is 12.2. The van der Waals surface area contributed by atoms with Gasteiger partial charge < -0.3 is 5.73 Å². The highest BCUT2D eigenvalue weighted by molar-refractivity contribution is 5.30. The van der Waals surface area contributed by atoms with Gasteiger partial charge in [0.15, 0.2) is 0 Å². The van der Waals surface area contributed by atoms with E-state index in [2.05, 4.69) is 18.7 Å². The third-order valence-electron chi connectivity index (χ3n) is 3.81. The van der Waals surface area contributed by atoms with Crippen molar-refractivity contribution >= 4 is 0 Å². The molecule has 19 heavy (non-hydrogen) atoms. The van der Waals surface area contributed by atoms with E-state index in [0.29, 0.717) is 18.5 Å². The molecule has 2 rings (SSSR count). The summed E-state index contributed by atoms with van der Waals surface area (Å²) in [6, 6.07) is 5.94. The lowest BCUT2D eigenvalue weighted by molar-refractivity contribution is 0.169. The molecule has 1 saturated carbocycles. The van der Waals surface area contributed by atoms with E-state index in [0.717, 1.165) is 12.1 Å². The van der Waals surface area contributed by atoms with E-state index in [1.54, 1.807) is 12.1 Å². The van der Waals surface area contributed by atoms with Crippen LogP contribution in [0.5, 0.6) is 0 Å². The van der Waals surface area contributed by atoms with Crippen LogP contribution in [-0.4, -0.2) is 24.0 Å². The molecular formula is C16H25FN2. The van der Waals surface area contributed by atoms with Gasteiger partial charge in [-0.15, -0.1) is 0 Å². The number of nitrogens with two attached hydrogens (primary N) is 1. The predicted octanol–water partition coefficient (Wildman–Crippen LogP) is 3.25. The maximum atomic E-state index is 13.3. The number of hydrogen-bond acceptors (Lipinski definition) is 2. The highest BCUT2D eigenvalue weighted by Crippen LogP contribution is 2.35. The average Bonchev–Trinajstić information content (AvgIpc) is 3.14. The van der Waals surface area contributed by atoms with Crippen LogP contribution >= 0.6 is 0 Å². The molecule has 0 saturated heterocycles. The second-order valence-electron chi connectivity index (χ2n) is 6.07. The lowest BCUT2D eigenvalue weighted by Gasteiger charge is -2.33. The molecule has 1 fully saturated rings. The van der Waals surface area contributed by atoms with Gasteiger partial charge in [0.25, 0.3) is 0 Å². The Morgan fingerprint density at radius 3 is 2.53 bits per heavy atom. The third kappa shape index (κ3) is 3.54. The molecule has 0 heterocycles. The molecule has 1 aliphatic rings. The SMILES string of the molecule is Cc1cc(F)ccc1C(CN)N(CC(C)C)C1CC1. The second-order valence-corrected chi connectivity index (χ2v) is 6.07. The maximum Gasteiger partial charge on any atom is 0.123 e. The van der Waals surface area contributed by atoms with Gasteiger partial charge in [-0.25, -0.2) is 4.39 Å². The van der Waals surface area contributed by atoms with Crippen molar-refractivity contribution in [2.45, 2.75) is 45.7 Å². The number of rotatable bonds is 6. The van der Waals surface area contributed by atoms with Gasteiger partial charge in [0.1, 0.15) is 5.82 Å². The molecule has 1 unspecified atom stereocenters. The fraction of sp³-hybridized carbons (Fsp3) is 0.625. The Kier molecular flexibility index (Phi) is 4.58. The molecule has 1 aromatic carbocycles. The lowest BCUT2D eigenvalue weighted by atomic mass is 9.98. The molecule has 0 aliphatic heterocycles. The predicted molar refractivity (Wildman–Crippen MR) is 77.5 cm³/mol. The summed E-state index contributed by atoms with van der Waals surface area (Å²) >= 11 is 0. The number of halogens is 1. The van der Waals surface area contributed by atoms with Gasteiger partial charge in [-0.3, -0.25) is 4.90 Å². The molecule has 106 valence electrons. The van der Waals surface area contributed by atoms with E-state index in [4.69, 9.17) is 5.73 Å². The van der Waals surface area contributed by atoms with Crippen LogP contribution in [0.4, 0.5) is 4.39 Å². The molecular weight excluding hydrogens is 239 g/mol. The Hall–Kier alpha value is -0.930. The number of benzene rings is 1. The molecule has 1 atom stereocenters. The summed E-state index contributed by atoms with van der Waals surface area (Å²) < 4.78 is 13.3. The highest BCUT2D eigenvalue weighted by Gasteiger charge is 2.34. The molecule has 0 spiro atoms. The Balaban J connectivity index is 2.25. The van der Waals surface area contributed by atoms with Crippen LogP contribution < -0.4 is 5.73 Å². The highest BCUT2D eigenvalue weighted by atomic mass is 19.1. The van der Waals surface area contributed by atoms with E-state index in [-0.39, 0.29) is 11.9 Å². The van der Waals surface area contributed by atoms with E-state index < -0.39 is 0 Å². The smallest absolute Gasteiger partial charge is 0.123 e. The minimum atomic E-state index is -0.168. The summed E-state index contributed by atoms with van der Waals surface area (Å²) in [7, 11) is 0. The molecule has 0 amide bonds. The van der Waals surface area contributed by atoms with Gasteiger partial charge in [-0.2, -0.15) is 0 Å². The quantitative estimate of drug-likeness (QED) is 0.854. The van der Waals surface area contributed by atoms with Crippen LogP contribution in [0.15, 0.2) is 18.2 Å². The normalized spacial score (nSPS) is 17.2. The first kappa shape index (κ1) is 14.5. The van der Waals surface area contributed by atoms with Gasteiger partial charge in [0, 0.05) is 25.2 Å². The molecule has 0 radical (unpaired) electrons. The Morgan fingerprint density at radius 1 is 1.37 bits per heavy atom. The number of aryl methyl sites for hydroxylation is 1. The van der Waals surface area contributed by atoms with Gasteiger partial charge >= 0.3 is 0 Å². The summed E-state index contributed by atoms with van der Waals surface area (Å²) in [5, 5.41) is 0. The van der Waals surface area contributed by atoms with Crippen molar-refractivity contribution in [3.8, 4) is 0 Å². The fourth-order valence-corrected chi connectivity index (χ4v) is 2.81. The van der Waals surface area contributed by atoms with Crippen LogP contribution in [0.2, 0.25) is 0 Å². The lowest BCUT2D eigenvalue weighted by Crippen LogP contribution is -2.38. The van der Waals surface area contributed by atoms with Gasteiger partial charge in [0.2, 0.25) is 0 Å². The number of hydrogen-bond donors (Lipinski definition) is 1. The Morgan fingerprint density at radius 2 is 2.05 bits per heavy atom. The topological polar surface area (TPSA) is 29.3 Å². The second kappa shape index (κ2) is 6.02. The number of nitrogens with zero attached hydrogens (tertiary/aromatic N) is 1. The zero-order chi connectivity index (χ0) is 14.0. The molecule has 0 bridgehead atoms. The van der Waals surface area contributed by atoms with Gasteiger partial charge in [0.05, 0.1) is 0 Å². The zero-order valence-electron chi connectivity index (χ0n) is 12.2. The van der Waals surface area contributed by atoms with Crippen molar-refractivity contribution in [3.05, 3.63) is 35.1 Å². The molecule has 1 aliphatic carbocycles. The molecule has 1 aromatic rings. The van der Waals surface area contributed by atoms with Gasteiger partial charge in [-0.1, -0.05) is 19.9 Å². The van der Waals surface area contributed by atoms with Crippen molar-refractivity contribution in [1.29, 1.82) is 0 Å². The van der Waals surface area contributed by atoms with Crippen LogP contribution in [0.1, 0.15) is 43.9 Å². The summed E-state index contributed by atoms with van der Waals surface area (Å²) in [4.78, 5) is 2.52. The van der Waals surface area contributed by atoms with E-state index >= 15 is 0 Å². The monoisotopic (exact) mass is 264 g/mol. The standard InChI is InChI=1S/C16H25FN2/c1-11(2)10-19(14-5-6-14)16(9-18)15-7-4-13(17)8-12(15)3/h4,7-8,11,14,16H,5-6,9-10,18H2,1-3H3. The minimum Gasteiger partial charge on any atom is -0.329 e. The summed E-state index contributed by atoms with van der Waals surface area (Å²) in [5.41, 5.74) is 8.20. The molecule has 0 aromatic heterocycles. The summed E-state index contributed by atoms with van der Waals surface area (Å²) in [6.07, 6.45) is 2.53. The Labute approximate surface area is 115 Å². The fourth-order valence-electron chi connectivity index (χ4n) is 2.81. The van der Waals surface area contributed by atoms with Crippen molar-refractivity contribution in [2.24, 2.45) is 11.7 Å². The maximum absolute atomic E-state index is 13.3. The first-order chi connectivity index (χ1) is 9.02. The van der Waals surface area contributed by atoms with E-state index in [1.807, 2.05) is 13.0 Å². The summed E-state index contributed by atoms with van der Waals surface area (Å²) in [6.45, 7) is 8.10. The molecule has 2 nitrogen and oxygen atoms in total. The third-order valence-corrected chi connectivity index (χ3v) is 3.81. The Bertz CT molecular complexity index is 427. The summed E-state index contributed by atoms with van der Waals surface area (Å²) in [5.74, 6) is 0.453. The van der Waals surface area contributed by atoms with Crippen molar-refractivity contribution in [2.75, 3.05) is 13.1 Å². The van der Waals surface area contributed by atoms with Crippen LogP contribution in [0.25, 0.3) is 0 Å². The van der Waals surface area contributed by atoms with Crippen LogP contribution in [0.3, 0.4) is 0 Å². The van der Waals surface area contributed by atoms with Crippen LogP contribution in [0, 0.1) is 18.7 Å². The van der Waals surface area contributed by atoms with Crippen molar-refractivity contribution in [1.82, 2.24) is 4.90 Å². The average molecular weight is 264 g/mol. The van der Waals surface area contributed by atoms with Crippen molar-refractivity contribution in [3.63, 3.8) is 0 Å². The van der Waals surface area contributed by atoms with Crippen LogP contribution in [-0.2, 0) is 0 Å². The van der Waals surface area contributed by atoms with Gasteiger partial charge in [-0.05, 0) is 48.9 Å².